The molecule has 0 aliphatic carbocycles. The first-order chi connectivity index (χ1) is 12.6. The Morgan fingerprint density at radius 3 is 2.69 bits per heavy atom. The molecule has 2 aromatic carbocycles. The smallest absolute Gasteiger partial charge is 0.109 e. The van der Waals surface area contributed by atoms with Crippen molar-refractivity contribution in [2.45, 2.75) is 33.2 Å². The van der Waals surface area contributed by atoms with Crippen LogP contribution in [-0.4, -0.2) is 19.7 Å². The monoisotopic (exact) mass is 362 g/mol. The highest BCUT2D eigenvalue weighted by Gasteiger charge is 2.24. The van der Waals surface area contributed by atoms with Crippen LogP contribution in [-0.2, 0) is 13.0 Å². The number of rotatable bonds is 2. The molecule has 1 aliphatic heterocycles. The Hall–Kier alpha value is -2.59. The molecule has 0 saturated carbocycles. The van der Waals surface area contributed by atoms with Crippen molar-refractivity contribution in [3.05, 3.63) is 58.5 Å². The van der Waals surface area contributed by atoms with Crippen LogP contribution in [0.3, 0.4) is 0 Å². The minimum absolute atomic E-state index is 0.835. The molecule has 2 aromatic heterocycles. The lowest BCUT2D eigenvalue weighted by Crippen LogP contribution is -1.96. The van der Waals surface area contributed by atoms with Crippen LogP contribution in [0.2, 0.25) is 5.02 Å². The number of hydrogen-bond acceptors (Lipinski definition) is 2. The molecular formula is C21H19ClN4. The molecule has 0 saturated heterocycles. The van der Waals surface area contributed by atoms with Gasteiger partial charge in [-0.25, -0.2) is 4.98 Å². The van der Waals surface area contributed by atoms with Gasteiger partial charge in [-0.2, -0.15) is 5.10 Å². The lowest BCUT2D eigenvalue weighted by Gasteiger charge is -2.11. The Kier molecular flexibility index (Phi) is 3.44. The number of aromatic amines is 1. The van der Waals surface area contributed by atoms with E-state index in [0.29, 0.717) is 0 Å². The average molecular weight is 363 g/mol. The van der Waals surface area contributed by atoms with E-state index in [0.717, 1.165) is 57.7 Å². The van der Waals surface area contributed by atoms with Crippen molar-refractivity contribution in [3.8, 4) is 22.5 Å². The molecule has 0 radical (unpaired) electrons. The predicted octanol–water partition coefficient (Wildman–Crippen LogP) is 5.31. The third-order valence-corrected chi connectivity index (χ3v) is 5.85. The number of halogens is 1. The quantitative estimate of drug-likeness (QED) is 0.525. The summed E-state index contributed by atoms with van der Waals surface area (Å²) in [5.74, 6) is 1.17. The van der Waals surface area contributed by atoms with Gasteiger partial charge < -0.3 is 4.57 Å². The maximum Gasteiger partial charge on any atom is 0.109 e. The van der Waals surface area contributed by atoms with Gasteiger partial charge in [-0.05, 0) is 55.7 Å². The number of hydrogen-bond donors (Lipinski definition) is 1. The average Bonchev–Trinajstić information content (AvgIpc) is 3.33. The van der Waals surface area contributed by atoms with Crippen LogP contribution in [0.15, 0.2) is 36.5 Å². The van der Waals surface area contributed by atoms with E-state index in [-0.39, 0.29) is 0 Å². The van der Waals surface area contributed by atoms with Gasteiger partial charge in [0.1, 0.15) is 5.82 Å². The summed E-state index contributed by atoms with van der Waals surface area (Å²) in [6.07, 6.45) is 4.06. The zero-order chi connectivity index (χ0) is 17.8. The molecular weight excluding hydrogens is 344 g/mol. The van der Waals surface area contributed by atoms with Crippen molar-refractivity contribution in [1.82, 2.24) is 19.7 Å². The van der Waals surface area contributed by atoms with Crippen molar-refractivity contribution in [2.24, 2.45) is 0 Å². The SMILES string of the molecule is Cc1cc(-c2nc3n(c2-c2ccc4[nH]ncc4c2)CCC3)cc(C)c1Cl. The summed E-state index contributed by atoms with van der Waals surface area (Å²) in [6, 6.07) is 10.7. The normalized spacial score (nSPS) is 13.5. The summed E-state index contributed by atoms with van der Waals surface area (Å²) >= 11 is 6.39. The first-order valence-electron chi connectivity index (χ1n) is 8.92. The maximum atomic E-state index is 6.39. The summed E-state index contributed by atoms with van der Waals surface area (Å²) in [5.41, 5.74) is 7.78. The fourth-order valence-electron chi connectivity index (χ4n) is 3.99. The van der Waals surface area contributed by atoms with Crippen molar-refractivity contribution in [2.75, 3.05) is 0 Å². The minimum Gasteiger partial charge on any atom is -0.327 e. The summed E-state index contributed by atoms with van der Waals surface area (Å²) in [5, 5.41) is 9.12. The predicted molar refractivity (Wildman–Crippen MR) is 106 cm³/mol. The minimum atomic E-state index is 0.835. The van der Waals surface area contributed by atoms with Crippen LogP contribution in [0, 0.1) is 13.8 Å². The Morgan fingerprint density at radius 2 is 1.88 bits per heavy atom. The van der Waals surface area contributed by atoms with E-state index in [4.69, 9.17) is 16.6 Å². The molecule has 0 bridgehead atoms. The van der Waals surface area contributed by atoms with Gasteiger partial charge in [0.2, 0.25) is 0 Å². The molecule has 4 nitrogen and oxygen atoms in total. The summed E-state index contributed by atoms with van der Waals surface area (Å²) in [6.45, 7) is 5.13. The van der Waals surface area contributed by atoms with Crippen LogP contribution in [0.25, 0.3) is 33.4 Å². The zero-order valence-corrected chi connectivity index (χ0v) is 15.6. The highest BCUT2D eigenvalue weighted by atomic mass is 35.5. The summed E-state index contributed by atoms with van der Waals surface area (Å²) in [7, 11) is 0. The molecule has 5 rings (SSSR count). The molecule has 26 heavy (non-hydrogen) atoms. The van der Waals surface area contributed by atoms with Gasteiger partial charge in [-0.3, -0.25) is 5.10 Å². The number of nitrogens with one attached hydrogen (secondary N) is 1. The highest BCUT2D eigenvalue weighted by Crippen LogP contribution is 2.38. The Labute approximate surface area is 156 Å². The first-order valence-corrected chi connectivity index (χ1v) is 9.29. The fourth-order valence-corrected chi connectivity index (χ4v) is 4.10. The molecule has 0 fully saturated rings. The largest absolute Gasteiger partial charge is 0.327 e. The van der Waals surface area contributed by atoms with Gasteiger partial charge >= 0.3 is 0 Å². The zero-order valence-electron chi connectivity index (χ0n) is 14.8. The standard InChI is InChI=1S/C21H19ClN4/c1-12-8-15(9-13(2)19(12)22)20-21(26-7-3-4-18(26)24-20)14-5-6-17-16(10-14)11-23-25-17/h5-6,8-11H,3-4,7H2,1-2H3,(H,23,25). The Balaban J connectivity index is 1.77. The van der Waals surface area contributed by atoms with E-state index in [1.807, 2.05) is 6.20 Å². The van der Waals surface area contributed by atoms with E-state index in [2.05, 4.69) is 58.9 Å². The van der Waals surface area contributed by atoms with E-state index in [9.17, 15) is 0 Å². The molecule has 4 aromatic rings. The molecule has 1 aliphatic rings. The molecule has 0 amide bonds. The third-order valence-electron chi connectivity index (χ3n) is 5.25. The third kappa shape index (κ3) is 2.29. The van der Waals surface area contributed by atoms with Crippen molar-refractivity contribution < 1.29 is 0 Å². The van der Waals surface area contributed by atoms with E-state index in [1.165, 1.54) is 17.1 Å². The Morgan fingerprint density at radius 1 is 1.08 bits per heavy atom. The van der Waals surface area contributed by atoms with Gasteiger partial charge in [0.05, 0.1) is 23.1 Å². The molecule has 3 heterocycles. The van der Waals surface area contributed by atoms with Crippen LogP contribution < -0.4 is 0 Å². The Bertz CT molecular complexity index is 1130. The molecule has 1 N–H and O–H groups in total. The number of benzene rings is 2. The first kappa shape index (κ1) is 15.6. The van der Waals surface area contributed by atoms with Crippen molar-refractivity contribution in [1.29, 1.82) is 0 Å². The second-order valence-electron chi connectivity index (χ2n) is 7.08. The second-order valence-corrected chi connectivity index (χ2v) is 7.45. The maximum absolute atomic E-state index is 6.39. The van der Waals surface area contributed by atoms with Crippen LogP contribution in [0.5, 0.6) is 0 Å². The number of fused-ring (bicyclic) bond motifs is 2. The molecule has 0 unspecified atom stereocenters. The van der Waals surface area contributed by atoms with Crippen molar-refractivity contribution in [3.63, 3.8) is 0 Å². The fraction of sp³-hybridized carbons (Fsp3) is 0.238. The van der Waals surface area contributed by atoms with Crippen LogP contribution >= 0.6 is 11.6 Å². The molecule has 5 heteroatoms. The molecule has 0 atom stereocenters. The number of aromatic nitrogens is 4. The highest BCUT2D eigenvalue weighted by molar-refractivity contribution is 6.32. The summed E-state index contributed by atoms with van der Waals surface area (Å²) in [4.78, 5) is 5.01. The number of aryl methyl sites for hydroxylation is 3. The lowest BCUT2D eigenvalue weighted by atomic mass is 10.00. The van der Waals surface area contributed by atoms with Gasteiger partial charge in [0.25, 0.3) is 0 Å². The second kappa shape index (κ2) is 5.71. The van der Waals surface area contributed by atoms with Gasteiger partial charge in [0.15, 0.2) is 0 Å². The van der Waals surface area contributed by atoms with E-state index < -0.39 is 0 Å². The van der Waals surface area contributed by atoms with Crippen LogP contribution in [0.4, 0.5) is 0 Å². The summed E-state index contributed by atoms with van der Waals surface area (Å²) < 4.78 is 2.37. The van der Waals surface area contributed by atoms with Gasteiger partial charge in [-0.15, -0.1) is 0 Å². The number of H-pyrrole nitrogens is 1. The lowest BCUT2D eigenvalue weighted by molar-refractivity contribution is 0.756. The van der Waals surface area contributed by atoms with E-state index in [1.54, 1.807) is 0 Å². The van der Waals surface area contributed by atoms with Gasteiger partial charge in [0, 0.05) is 34.5 Å². The van der Waals surface area contributed by atoms with E-state index >= 15 is 0 Å². The topological polar surface area (TPSA) is 46.5 Å². The van der Waals surface area contributed by atoms with Crippen molar-refractivity contribution >= 4 is 22.5 Å². The van der Waals surface area contributed by atoms with Crippen LogP contribution in [0.1, 0.15) is 23.4 Å². The van der Waals surface area contributed by atoms with Gasteiger partial charge in [-0.1, -0.05) is 17.7 Å². The molecule has 0 spiro atoms. The molecule has 130 valence electrons. The number of nitrogens with zero attached hydrogens (tertiary/aromatic N) is 3. The number of imidazole rings is 1.